The molecule has 7 heteroatoms. The second-order valence-corrected chi connectivity index (χ2v) is 11.6. The van der Waals surface area contributed by atoms with Gasteiger partial charge in [-0.25, -0.2) is 0 Å². The number of fused-ring (bicyclic) bond motifs is 6. The lowest BCUT2D eigenvalue weighted by Gasteiger charge is -2.40. The van der Waals surface area contributed by atoms with E-state index < -0.39 is 0 Å². The topological polar surface area (TPSA) is 51.3 Å². The Morgan fingerprint density at radius 1 is 1.12 bits per heavy atom. The van der Waals surface area contributed by atoms with Crippen LogP contribution in [0.3, 0.4) is 0 Å². The number of ether oxygens (including phenoxy) is 2. The molecule has 2 aromatic carbocycles. The molecule has 4 nitrogen and oxygen atoms in total. The Kier molecular flexibility index (Phi) is 5.27. The smallest absolute Gasteiger partial charge is 0.305 e. The number of thiazole rings is 1. The Hall–Kier alpha value is -1.89. The average Bonchev–Trinajstić information content (AvgIpc) is 3.50. The van der Waals surface area contributed by atoms with Crippen LogP contribution in [0.15, 0.2) is 52.3 Å². The Labute approximate surface area is 200 Å². The van der Waals surface area contributed by atoms with E-state index in [1.54, 1.807) is 7.11 Å². The number of hydrogen-bond acceptors (Lipinski definition) is 5. The first-order valence-corrected chi connectivity index (χ1v) is 13.1. The van der Waals surface area contributed by atoms with Gasteiger partial charge in [0.15, 0.2) is 11.5 Å². The van der Waals surface area contributed by atoms with Crippen LogP contribution in [0.25, 0.3) is 0 Å². The lowest BCUT2D eigenvalue weighted by Crippen LogP contribution is -2.33. The number of aromatic amines is 1. The minimum atomic E-state index is 0.0493. The van der Waals surface area contributed by atoms with Gasteiger partial charge in [-0.05, 0) is 72.4 Å². The fraction of sp³-hybridized carbons (Fsp3) is 0.400. The summed E-state index contributed by atoms with van der Waals surface area (Å²) in [6.07, 6.45) is 3.97. The van der Waals surface area contributed by atoms with Crippen LogP contribution in [-0.4, -0.2) is 17.3 Å². The van der Waals surface area contributed by atoms with E-state index in [0.717, 1.165) is 28.2 Å². The summed E-state index contributed by atoms with van der Waals surface area (Å²) in [7, 11) is 1.68. The summed E-state index contributed by atoms with van der Waals surface area (Å²) in [4.78, 5) is 16.6. The summed E-state index contributed by atoms with van der Waals surface area (Å²) >= 11 is 9.40. The standard InChI is InChI=1S/C25H24ClNO3S2/c1-29-19-11-15(7-8-18(19)30-12-13-3-2-4-17(26)9-13)21-20-14-5-6-16(10-14)22(20)31-24-23(21)32-25(28)27-24/h2-4,7-9,11,14,16,20-22H,5-6,10,12H2,1H3,(H,27,28)/t14-,16-,20+,21+,22+/m0/s1. The van der Waals surface area contributed by atoms with E-state index >= 15 is 0 Å². The fourth-order valence-corrected chi connectivity index (χ4v) is 9.11. The summed E-state index contributed by atoms with van der Waals surface area (Å²) in [5.41, 5.74) is 2.23. The van der Waals surface area contributed by atoms with Crippen molar-refractivity contribution in [2.45, 2.75) is 42.1 Å². The molecule has 0 saturated heterocycles. The van der Waals surface area contributed by atoms with Gasteiger partial charge in [-0.2, -0.15) is 0 Å². The number of nitrogens with one attached hydrogen (secondary N) is 1. The van der Waals surface area contributed by atoms with Gasteiger partial charge in [-0.3, -0.25) is 4.79 Å². The third-order valence-corrected chi connectivity index (χ3v) is 10.2. The summed E-state index contributed by atoms with van der Waals surface area (Å²) < 4.78 is 11.8. The summed E-state index contributed by atoms with van der Waals surface area (Å²) in [6, 6.07) is 14.0. The maximum absolute atomic E-state index is 12.2. The van der Waals surface area contributed by atoms with Crippen LogP contribution < -0.4 is 14.3 Å². The van der Waals surface area contributed by atoms with Gasteiger partial charge in [-0.15, -0.1) is 11.8 Å². The molecule has 1 aliphatic heterocycles. The Morgan fingerprint density at radius 3 is 2.84 bits per heavy atom. The molecule has 166 valence electrons. The molecule has 2 bridgehead atoms. The van der Waals surface area contributed by atoms with Crippen LogP contribution in [0.2, 0.25) is 5.02 Å². The molecule has 6 rings (SSSR count). The van der Waals surface area contributed by atoms with Crippen molar-refractivity contribution in [1.82, 2.24) is 4.98 Å². The second-order valence-electron chi connectivity index (χ2n) is 9.01. The Morgan fingerprint density at radius 2 is 2.00 bits per heavy atom. The normalized spacial score (nSPS) is 27.8. The van der Waals surface area contributed by atoms with Crippen LogP contribution in [0.5, 0.6) is 11.5 Å². The number of hydrogen-bond donors (Lipinski definition) is 1. The molecule has 3 aromatic rings. The molecule has 2 fully saturated rings. The van der Waals surface area contributed by atoms with Gasteiger partial charge in [0.1, 0.15) is 6.61 Å². The van der Waals surface area contributed by atoms with E-state index in [2.05, 4.69) is 17.1 Å². The molecular weight excluding hydrogens is 462 g/mol. The first kappa shape index (κ1) is 20.7. The highest BCUT2D eigenvalue weighted by Crippen LogP contribution is 2.63. The van der Waals surface area contributed by atoms with Crippen molar-refractivity contribution in [3.63, 3.8) is 0 Å². The van der Waals surface area contributed by atoms with Crippen molar-refractivity contribution in [3.8, 4) is 11.5 Å². The monoisotopic (exact) mass is 485 g/mol. The number of H-pyrrole nitrogens is 1. The van der Waals surface area contributed by atoms with E-state index in [0.29, 0.717) is 28.5 Å². The average molecular weight is 486 g/mol. The van der Waals surface area contributed by atoms with Crippen LogP contribution in [0.4, 0.5) is 0 Å². The molecule has 1 aromatic heterocycles. The van der Waals surface area contributed by atoms with Crippen molar-refractivity contribution in [2.75, 3.05) is 7.11 Å². The second kappa shape index (κ2) is 8.15. The fourth-order valence-electron chi connectivity index (χ4n) is 6.01. The Bertz CT molecular complexity index is 1220. The van der Waals surface area contributed by atoms with E-state index in [1.165, 1.54) is 41.0 Å². The highest BCUT2D eigenvalue weighted by atomic mass is 35.5. The SMILES string of the molecule is COc1cc([C@H]2c3sc(=O)[nH]c3S[C@@H]3[C@H]4CC[C@@H](C4)[C@H]23)ccc1OCc1cccc(Cl)c1. The van der Waals surface area contributed by atoms with Gasteiger partial charge in [-0.1, -0.05) is 41.1 Å². The van der Waals surface area contributed by atoms with E-state index in [9.17, 15) is 4.79 Å². The van der Waals surface area contributed by atoms with Crippen molar-refractivity contribution >= 4 is 34.7 Å². The molecule has 5 atom stereocenters. The number of rotatable bonds is 5. The molecule has 0 amide bonds. The van der Waals surface area contributed by atoms with Crippen molar-refractivity contribution in [1.29, 1.82) is 0 Å². The minimum Gasteiger partial charge on any atom is -0.493 e. The van der Waals surface area contributed by atoms with Gasteiger partial charge in [0.2, 0.25) is 0 Å². The number of aromatic nitrogens is 1. The van der Waals surface area contributed by atoms with E-state index in [1.807, 2.05) is 42.1 Å². The van der Waals surface area contributed by atoms with Gasteiger partial charge in [0.05, 0.1) is 12.1 Å². The third-order valence-electron chi connectivity index (χ3n) is 7.30. The molecule has 2 saturated carbocycles. The molecule has 0 unspecified atom stereocenters. The summed E-state index contributed by atoms with van der Waals surface area (Å²) in [5, 5.41) is 2.38. The van der Waals surface area contributed by atoms with Crippen molar-refractivity contribution in [3.05, 3.63) is 73.2 Å². The molecular formula is C25H24ClNO3S2. The van der Waals surface area contributed by atoms with Gasteiger partial charge in [0.25, 0.3) is 0 Å². The molecule has 2 aliphatic carbocycles. The molecule has 32 heavy (non-hydrogen) atoms. The first-order chi connectivity index (χ1) is 15.6. The highest BCUT2D eigenvalue weighted by molar-refractivity contribution is 8.00. The number of methoxy groups -OCH3 is 1. The van der Waals surface area contributed by atoms with Gasteiger partial charge >= 0.3 is 4.87 Å². The molecule has 0 radical (unpaired) electrons. The number of benzene rings is 2. The zero-order valence-electron chi connectivity index (χ0n) is 17.7. The van der Waals surface area contributed by atoms with Crippen LogP contribution in [-0.2, 0) is 6.61 Å². The number of halogens is 1. The zero-order valence-corrected chi connectivity index (χ0v) is 20.1. The summed E-state index contributed by atoms with van der Waals surface area (Å²) in [6.45, 7) is 0.425. The molecule has 3 aliphatic rings. The lowest BCUT2D eigenvalue weighted by molar-refractivity contribution is 0.282. The zero-order chi connectivity index (χ0) is 21.8. The first-order valence-electron chi connectivity index (χ1n) is 11.1. The maximum atomic E-state index is 12.2. The molecule has 2 heterocycles. The van der Waals surface area contributed by atoms with Crippen molar-refractivity contribution < 1.29 is 9.47 Å². The lowest BCUT2D eigenvalue weighted by atomic mass is 9.75. The highest BCUT2D eigenvalue weighted by Gasteiger charge is 2.54. The quantitative estimate of drug-likeness (QED) is 0.458. The predicted molar refractivity (Wildman–Crippen MR) is 130 cm³/mol. The minimum absolute atomic E-state index is 0.0493. The van der Waals surface area contributed by atoms with Gasteiger partial charge in [0, 0.05) is 21.1 Å². The maximum Gasteiger partial charge on any atom is 0.305 e. The molecule has 1 N–H and O–H groups in total. The van der Waals surface area contributed by atoms with Crippen LogP contribution in [0.1, 0.15) is 41.2 Å². The van der Waals surface area contributed by atoms with Crippen LogP contribution in [0, 0.1) is 17.8 Å². The largest absolute Gasteiger partial charge is 0.493 e. The molecule has 0 spiro atoms. The van der Waals surface area contributed by atoms with E-state index in [-0.39, 0.29) is 10.8 Å². The summed E-state index contributed by atoms with van der Waals surface area (Å²) in [5.74, 6) is 3.79. The van der Waals surface area contributed by atoms with E-state index in [4.69, 9.17) is 21.1 Å². The Balaban J connectivity index is 1.34. The predicted octanol–water partition coefficient (Wildman–Crippen LogP) is 6.33. The van der Waals surface area contributed by atoms with Gasteiger partial charge < -0.3 is 14.5 Å². The number of thioether (sulfide) groups is 1. The van der Waals surface area contributed by atoms with Crippen LogP contribution >= 0.6 is 34.7 Å². The van der Waals surface area contributed by atoms with Crippen molar-refractivity contribution in [2.24, 2.45) is 17.8 Å². The third kappa shape index (κ3) is 3.47.